The Bertz CT molecular complexity index is 245. The van der Waals surface area contributed by atoms with Crippen molar-refractivity contribution in [2.75, 3.05) is 13.1 Å². The average molecular weight is 240 g/mol. The molecule has 100 valence electrons. The number of amides is 1. The van der Waals surface area contributed by atoms with E-state index in [0.717, 1.165) is 25.9 Å². The molecule has 0 aliphatic carbocycles. The van der Waals surface area contributed by atoms with E-state index in [1.165, 1.54) is 12.8 Å². The van der Waals surface area contributed by atoms with Crippen molar-refractivity contribution >= 4 is 5.91 Å². The Morgan fingerprint density at radius 2 is 2.06 bits per heavy atom. The molecule has 0 aromatic rings. The number of nitrogens with one attached hydrogen (secondary N) is 1. The molecule has 1 unspecified atom stereocenters. The summed E-state index contributed by atoms with van der Waals surface area (Å²) in [5.41, 5.74) is 0.206. The highest BCUT2D eigenvalue weighted by atomic mass is 16.1. The van der Waals surface area contributed by atoms with Gasteiger partial charge in [0.15, 0.2) is 0 Å². The maximum Gasteiger partial charge on any atom is 0.220 e. The molecule has 1 amide bonds. The average Bonchev–Trinajstić information content (AvgIpc) is 2.42. The van der Waals surface area contributed by atoms with E-state index >= 15 is 0 Å². The first-order valence-electron chi connectivity index (χ1n) is 6.98. The first-order valence-corrected chi connectivity index (χ1v) is 6.98. The zero-order chi connectivity index (χ0) is 12.9. The molecule has 0 saturated carbocycles. The van der Waals surface area contributed by atoms with Gasteiger partial charge in [0, 0.05) is 24.5 Å². The summed E-state index contributed by atoms with van der Waals surface area (Å²) in [6, 6.07) is 0.343. The van der Waals surface area contributed by atoms with Gasteiger partial charge in [-0.2, -0.15) is 0 Å². The topological polar surface area (TPSA) is 32.3 Å². The van der Waals surface area contributed by atoms with Gasteiger partial charge in [0.25, 0.3) is 0 Å². The summed E-state index contributed by atoms with van der Waals surface area (Å²) in [4.78, 5) is 14.1. The van der Waals surface area contributed by atoms with Crippen LogP contribution in [0.15, 0.2) is 0 Å². The SMILES string of the molecule is CCCC(=O)NC1CCCCN(C(C)(C)C)C1. The number of carbonyl (C=O) groups excluding carboxylic acids is 1. The lowest BCUT2D eigenvalue weighted by Crippen LogP contribution is -2.49. The Labute approximate surface area is 106 Å². The first kappa shape index (κ1) is 14.5. The fourth-order valence-corrected chi connectivity index (χ4v) is 2.40. The molecule has 1 heterocycles. The lowest BCUT2D eigenvalue weighted by molar-refractivity contribution is -0.122. The Kier molecular flexibility index (Phi) is 5.44. The number of carbonyl (C=O) groups is 1. The van der Waals surface area contributed by atoms with Gasteiger partial charge in [0.05, 0.1) is 0 Å². The van der Waals surface area contributed by atoms with Gasteiger partial charge in [-0.25, -0.2) is 0 Å². The molecule has 1 aliphatic rings. The van der Waals surface area contributed by atoms with E-state index in [0.29, 0.717) is 12.5 Å². The van der Waals surface area contributed by atoms with E-state index in [4.69, 9.17) is 0 Å². The van der Waals surface area contributed by atoms with Gasteiger partial charge in [-0.05, 0) is 46.6 Å². The molecule has 1 saturated heterocycles. The predicted octanol–water partition coefficient (Wildman–Crippen LogP) is 2.56. The molecule has 1 aliphatic heterocycles. The quantitative estimate of drug-likeness (QED) is 0.822. The second-order valence-electron chi connectivity index (χ2n) is 6.13. The summed E-state index contributed by atoms with van der Waals surface area (Å²) in [5, 5.41) is 3.18. The van der Waals surface area contributed by atoms with E-state index in [1.54, 1.807) is 0 Å². The van der Waals surface area contributed by atoms with Gasteiger partial charge in [-0.1, -0.05) is 13.3 Å². The molecule has 0 spiro atoms. The molecule has 1 fully saturated rings. The summed E-state index contributed by atoms with van der Waals surface area (Å²) in [6.07, 6.45) is 5.19. The van der Waals surface area contributed by atoms with Crippen LogP contribution in [0.3, 0.4) is 0 Å². The highest BCUT2D eigenvalue weighted by Gasteiger charge is 2.26. The van der Waals surface area contributed by atoms with Gasteiger partial charge in [-0.3, -0.25) is 9.69 Å². The molecular weight excluding hydrogens is 212 g/mol. The third kappa shape index (κ3) is 5.07. The number of rotatable bonds is 3. The van der Waals surface area contributed by atoms with Crippen molar-refractivity contribution in [3.8, 4) is 0 Å². The Hall–Kier alpha value is -0.570. The van der Waals surface area contributed by atoms with Crippen LogP contribution in [-0.2, 0) is 4.79 Å². The van der Waals surface area contributed by atoms with Crippen LogP contribution in [0.5, 0.6) is 0 Å². The molecule has 0 aromatic carbocycles. The molecule has 0 radical (unpaired) electrons. The van der Waals surface area contributed by atoms with Gasteiger partial charge < -0.3 is 5.32 Å². The maximum absolute atomic E-state index is 11.7. The van der Waals surface area contributed by atoms with E-state index in [-0.39, 0.29) is 11.4 Å². The Morgan fingerprint density at radius 3 is 2.65 bits per heavy atom. The van der Waals surface area contributed by atoms with Crippen LogP contribution < -0.4 is 5.32 Å². The molecular formula is C14H28N2O. The van der Waals surface area contributed by atoms with Crippen LogP contribution in [-0.4, -0.2) is 35.5 Å². The van der Waals surface area contributed by atoms with E-state index in [2.05, 4.69) is 31.0 Å². The first-order chi connectivity index (χ1) is 7.93. The smallest absolute Gasteiger partial charge is 0.220 e. The number of nitrogens with zero attached hydrogens (tertiary/aromatic N) is 1. The molecule has 17 heavy (non-hydrogen) atoms. The minimum absolute atomic E-state index is 0.206. The van der Waals surface area contributed by atoms with Crippen LogP contribution in [0.1, 0.15) is 59.8 Å². The molecule has 1 N–H and O–H groups in total. The molecule has 3 heteroatoms. The van der Waals surface area contributed by atoms with Crippen LogP contribution in [0.2, 0.25) is 0 Å². The van der Waals surface area contributed by atoms with Gasteiger partial charge >= 0.3 is 0 Å². The zero-order valence-electron chi connectivity index (χ0n) is 11.9. The van der Waals surface area contributed by atoms with Crippen LogP contribution in [0, 0.1) is 0 Å². The third-order valence-corrected chi connectivity index (χ3v) is 3.46. The van der Waals surface area contributed by atoms with Crippen molar-refractivity contribution in [3.63, 3.8) is 0 Å². The number of hydrogen-bond acceptors (Lipinski definition) is 2. The normalized spacial score (nSPS) is 23.2. The summed E-state index contributed by atoms with van der Waals surface area (Å²) in [5.74, 6) is 0.216. The second-order valence-corrected chi connectivity index (χ2v) is 6.13. The Balaban J connectivity index is 2.51. The van der Waals surface area contributed by atoms with Crippen LogP contribution >= 0.6 is 0 Å². The third-order valence-electron chi connectivity index (χ3n) is 3.46. The Morgan fingerprint density at radius 1 is 1.35 bits per heavy atom. The highest BCUT2D eigenvalue weighted by Crippen LogP contribution is 2.19. The van der Waals surface area contributed by atoms with Crippen molar-refractivity contribution < 1.29 is 4.79 Å². The van der Waals surface area contributed by atoms with Crippen molar-refractivity contribution in [1.82, 2.24) is 10.2 Å². The molecule has 1 rings (SSSR count). The highest BCUT2D eigenvalue weighted by molar-refractivity contribution is 5.76. The minimum atomic E-state index is 0.206. The fraction of sp³-hybridized carbons (Fsp3) is 0.929. The standard InChI is InChI=1S/C14H28N2O/c1-5-8-13(17)15-12-9-6-7-10-16(11-12)14(2,3)4/h12H,5-11H2,1-4H3,(H,15,17). The van der Waals surface area contributed by atoms with Crippen LogP contribution in [0.25, 0.3) is 0 Å². The molecule has 3 nitrogen and oxygen atoms in total. The zero-order valence-corrected chi connectivity index (χ0v) is 11.9. The van der Waals surface area contributed by atoms with E-state index in [1.807, 2.05) is 6.92 Å². The summed E-state index contributed by atoms with van der Waals surface area (Å²) >= 11 is 0. The fourth-order valence-electron chi connectivity index (χ4n) is 2.40. The lowest BCUT2D eigenvalue weighted by atomic mass is 10.1. The van der Waals surface area contributed by atoms with Gasteiger partial charge in [0.2, 0.25) is 5.91 Å². The monoisotopic (exact) mass is 240 g/mol. The van der Waals surface area contributed by atoms with Crippen LogP contribution in [0.4, 0.5) is 0 Å². The van der Waals surface area contributed by atoms with E-state index < -0.39 is 0 Å². The van der Waals surface area contributed by atoms with Gasteiger partial charge in [0.1, 0.15) is 0 Å². The summed E-state index contributed by atoms with van der Waals surface area (Å²) in [6.45, 7) is 11.0. The predicted molar refractivity (Wildman–Crippen MR) is 72.0 cm³/mol. The van der Waals surface area contributed by atoms with Gasteiger partial charge in [-0.15, -0.1) is 0 Å². The number of hydrogen-bond donors (Lipinski definition) is 1. The van der Waals surface area contributed by atoms with Crippen molar-refractivity contribution in [2.24, 2.45) is 0 Å². The second kappa shape index (κ2) is 6.39. The summed E-state index contributed by atoms with van der Waals surface area (Å²) in [7, 11) is 0. The lowest BCUT2D eigenvalue weighted by Gasteiger charge is -2.36. The maximum atomic E-state index is 11.7. The molecule has 0 aromatic heterocycles. The largest absolute Gasteiger partial charge is 0.352 e. The van der Waals surface area contributed by atoms with E-state index in [9.17, 15) is 4.79 Å². The molecule has 0 bridgehead atoms. The number of likely N-dealkylation sites (tertiary alicyclic amines) is 1. The van der Waals surface area contributed by atoms with Crippen molar-refractivity contribution in [1.29, 1.82) is 0 Å². The molecule has 1 atom stereocenters. The minimum Gasteiger partial charge on any atom is -0.352 e. The van der Waals surface area contributed by atoms with Crippen molar-refractivity contribution in [3.05, 3.63) is 0 Å². The van der Waals surface area contributed by atoms with Crippen molar-refractivity contribution in [2.45, 2.75) is 71.4 Å². The summed E-state index contributed by atoms with van der Waals surface area (Å²) < 4.78 is 0.